The average molecular weight is 701 g/mol. The van der Waals surface area contributed by atoms with E-state index in [1.54, 1.807) is 0 Å². The highest BCUT2D eigenvalue weighted by molar-refractivity contribution is 7.46. The van der Waals surface area contributed by atoms with Crippen molar-refractivity contribution in [1.82, 2.24) is 0 Å². The molecule has 0 saturated heterocycles. The smallest absolute Gasteiger partial charge is 0.462 e. The maximum Gasteiger partial charge on any atom is 0.469 e. The van der Waals surface area contributed by atoms with Gasteiger partial charge in [0.15, 0.2) is 6.10 Å². The number of allylic oxidation sites excluding steroid dienone is 4. The van der Waals surface area contributed by atoms with E-state index in [2.05, 4.69) is 42.7 Å². The molecule has 0 amide bonds. The van der Waals surface area contributed by atoms with Gasteiger partial charge in [-0.3, -0.25) is 14.1 Å². The molecule has 0 rings (SSSR count). The van der Waals surface area contributed by atoms with Crippen LogP contribution in [0.4, 0.5) is 0 Å². The lowest BCUT2D eigenvalue weighted by Crippen LogP contribution is -2.29. The molecule has 0 aliphatic rings. The van der Waals surface area contributed by atoms with Crippen molar-refractivity contribution in [3.05, 3.63) is 24.3 Å². The van der Waals surface area contributed by atoms with Crippen LogP contribution in [-0.2, 0) is 28.2 Å². The summed E-state index contributed by atoms with van der Waals surface area (Å²) in [5.41, 5.74) is 0. The Morgan fingerprint density at radius 3 is 1.31 bits per heavy atom. The predicted octanol–water partition coefficient (Wildman–Crippen LogP) is 11.6. The number of esters is 2. The van der Waals surface area contributed by atoms with Gasteiger partial charge in [-0.05, 0) is 64.2 Å². The van der Waals surface area contributed by atoms with Gasteiger partial charge in [-0.15, -0.1) is 0 Å². The van der Waals surface area contributed by atoms with Gasteiger partial charge in [0.2, 0.25) is 0 Å². The molecule has 2 N–H and O–H groups in total. The van der Waals surface area contributed by atoms with Gasteiger partial charge in [0, 0.05) is 12.8 Å². The molecule has 0 unspecified atom stereocenters. The summed E-state index contributed by atoms with van der Waals surface area (Å²) in [6.07, 6.45) is 39.0. The number of ether oxygens (including phenoxy) is 2. The van der Waals surface area contributed by atoms with Crippen LogP contribution in [0.1, 0.15) is 194 Å². The molecule has 0 spiro atoms. The van der Waals surface area contributed by atoms with Crippen LogP contribution in [0.15, 0.2) is 24.3 Å². The lowest BCUT2D eigenvalue weighted by atomic mass is 10.1. The maximum absolute atomic E-state index is 12.3. The Bertz CT molecular complexity index is 838. The SMILES string of the molecule is CCCCCCCCCC/C=C/CCCCCC(=O)OC[C@H](COP(=O)(O)O)OC(=O)CCCC/C=C/CCCCCCCCCCC. The van der Waals surface area contributed by atoms with Crippen molar-refractivity contribution >= 4 is 19.8 Å². The normalized spacial score (nSPS) is 12.7. The number of rotatable bonds is 36. The minimum absolute atomic E-state index is 0.181. The average Bonchev–Trinajstić information content (AvgIpc) is 3.05. The summed E-state index contributed by atoms with van der Waals surface area (Å²) >= 11 is 0. The largest absolute Gasteiger partial charge is 0.469 e. The molecular formula is C39H73O8P. The number of hydrogen-bond donors (Lipinski definition) is 2. The molecule has 8 nitrogen and oxygen atoms in total. The van der Waals surface area contributed by atoms with Crippen LogP contribution < -0.4 is 0 Å². The van der Waals surface area contributed by atoms with E-state index in [-0.39, 0.29) is 19.4 Å². The first kappa shape index (κ1) is 46.5. The van der Waals surface area contributed by atoms with E-state index in [0.717, 1.165) is 44.9 Å². The first-order valence-electron chi connectivity index (χ1n) is 19.6. The highest BCUT2D eigenvalue weighted by atomic mass is 31.2. The fraction of sp³-hybridized carbons (Fsp3) is 0.846. The minimum atomic E-state index is -4.76. The molecule has 0 saturated carbocycles. The van der Waals surface area contributed by atoms with Crippen LogP contribution in [0.2, 0.25) is 0 Å². The van der Waals surface area contributed by atoms with Gasteiger partial charge in [0.25, 0.3) is 0 Å². The number of hydrogen-bond acceptors (Lipinski definition) is 6. The summed E-state index contributed by atoms with van der Waals surface area (Å²) in [6, 6.07) is 0. The van der Waals surface area contributed by atoms with Crippen molar-refractivity contribution in [3.8, 4) is 0 Å². The first-order chi connectivity index (χ1) is 23.3. The predicted molar refractivity (Wildman–Crippen MR) is 198 cm³/mol. The van der Waals surface area contributed by atoms with E-state index in [0.29, 0.717) is 12.8 Å². The Hall–Kier alpha value is -1.47. The molecule has 282 valence electrons. The van der Waals surface area contributed by atoms with E-state index in [9.17, 15) is 14.2 Å². The van der Waals surface area contributed by atoms with Gasteiger partial charge >= 0.3 is 19.8 Å². The number of phosphoric ester groups is 1. The molecule has 0 fully saturated rings. The Kier molecular flexibility index (Phi) is 34.3. The number of carbonyl (C=O) groups is 2. The van der Waals surface area contributed by atoms with E-state index in [1.165, 1.54) is 109 Å². The van der Waals surface area contributed by atoms with Crippen molar-refractivity contribution in [3.63, 3.8) is 0 Å². The van der Waals surface area contributed by atoms with Crippen LogP contribution in [-0.4, -0.2) is 41.0 Å². The maximum atomic E-state index is 12.3. The van der Waals surface area contributed by atoms with E-state index in [1.807, 2.05) is 0 Å². The highest BCUT2D eigenvalue weighted by Crippen LogP contribution is 2.36. The number of carbonyl (C=O) groups excluding carboxylic acids is 2. The zero-order valence-corrected chi connectivity index (χ0v) is 31.8. The van der Waals surface area contributed by atoms with Gasteiger partial charge in [0.1, 0.15) is 6.61 Å². The molecule has 9 heteroatoms. The quantitative estimate of drug-likeness (QED) is 0.0287. The molecule has 48 heavy (non-hydrogen) atoms. The van der Waals surface area contributed by atoms with Crippen LogP contribution in [0, 0.1) is 0 Å². The molecule has 0 bridgehead atoms. The molecule has 0 aliphatic heterocycles. The second kappa shape index (κ2) is 35.4. The molecule has 0 aromatic heterocycles. The van der Waals surface area contributed by atoms with Gasteiger partial charge in [0.05, 0.1) is 6.61 Å². The lowest BCUT2D eigenvalue weighted by Gasteiger charge is -2.18. The molecule has 0 radical (unpaired) electrons. The van der Waals surface area contributed by atoms with Crippen LogP contribution in [0.25, 0.3) is 0 Å². The van der Waals surface area contributed by atoms with Gasteiger partial charge in [-0.2, -0.15) is 0 Å². The molecule has 0 aliphatic carbocycles. The van der Waals surface area contributed by atoms with E-state index >= 15 is 0 Å². The van der Waals surface area contributed by atoms with Crippen LogP contribution >= 0.6 is 7.82 Å². The first-order valence-corrected chi connectivity index (χ1v) is 21.2. The standard InChI is InChI=1S/C39H73O8P/c1-3-5-7-9-11-13-15-17-19-21-23-25-27-29-31-33-38(40)45-35-37(36-46-48(42,43)44)47-39(41)34-32-30-28-26-24-22-20-18-16-14-12-10-8-6-4-2/h21,23-24,26,37H,3-20,22,25,27-36H2,1-2H3,(H2,42,43,44)/b23-21+,26-24+/t37-/m1/s1. The summed E-state index contributed by atoms with van der Waals surface area (Å²) in [5, 5.41) is 0. The summed E-state index contributed by atoms with van der Waals surface area (Å²) in [6.45, 7) is 3.65. The summed E-state index contributed by atoms with van der Waals surface area (Å²) in [4.78, 5) is 42.7. The highest BCUT2D eigenvalue weighted by Gasteiger charge is 2.22. The molecule has 0 aromatic rings. The zero-order valence-electron chi connectivity index (χ0n) is 30.9. The van der Waals surface area contributed by atoms with E-state index < -0.39 is 32.5 Å². The minimum Gasteiger partial charge on any atom is -0.462 e. The lowest BCUT2D eigenvalue weighted by molar-refractivity contribution is -0.161. The fourth-order valence-electron chi connectivity index (χ4n) is 5.48. The third kappa shape index (κ3) is 37.4. The second-order valence-corrected chi connectivity index (χ2v) is 14.5. The van der Waals surface area contributed by atoms with Crippen molar-refractivity contribution in [1.29, 1.82) is 0 Å². The molecule has 0 heterocycles. The molecule has 0 aromatic carbocycles. The summed E-state index contributed by atoms with van der Waals surface area (Å²) in [5.74, 6) is -0.925. The third-order valence-corrected chi connectivity index (χ3v) is 8.93. The topological polar surface area (TPSA) is 119 Å². The van der Waals surface area contributed by atoms with E-state index in [4.69, 9.17) is 19.3 Å². The Morgan fingerprint density at radius 1 is 0.521 bits per heavy atom. The van der Waals surface area contributed by atoms with Gasteiger partial charge in [-0.1, -0.05) is 141 Å². The number of phosphoric acid groups is 1. The van der Waals surface area contributed by atoms with Crippen LogP contribution in [0.5, 0.6) is 0 Å². The molecular weight excluding hydrogens is 627 g/mol. The third-order valence-electron chi connectivity index (χ3n) is 8.44. The Morgan fingerprint density at radius 2 is 0.875 bits per heavy atom. The van der Waals surface area contributed by atoms with Gasteiger partial charge < -0.3 is 19.3 Å². The van der Waals surface area contributed by atoms with Crippen molar-refractivity contribution < 1.29 is 37.9 Å². The van der Waals surface area contributed by atoms with Crippen molar-refractivity contribution in [2.45, 2.75) is 200 Å². The summed E-state index contributed by atoms with van der Waals surface area (Å²) < 4.78 is 26.3. The van der Waals surface area contributed by atoms with Crippen LogP contribution in [0.3, 0.4) is 0 Å². The van der Waals surface area contributed by atoms with Gasteiger partial charge in [-0.25, -0.2) is 4.57 Å². The zero-order chi connectivity index (χ0) is 35.4. The fourth-order valence-corrected chi connectivity index (χ4v) is 5.84. The second-order valence-electron chi connectivity index (χ2n) is 13.2. The molecule has 1 atom stereocenters. The number of unbranched alkanes of at least 4 members (excludes halogenated alkanes) is 22. The Labute approximate surface area is 294 Å². The van der Waals surface area contributed by atoms with Crippen molar-refractivity contribution in [2.24, 2.45) is 0 Å². The van der Waals surface area contributed by atoms with Crippen molar-refractivity contribution in [2.75, 3.05) is 13.2 Å². The summed E-state index contributed by atoms with van der Waals surface area (Å²) in [7, 11) is -4.76. The monoisotopic (exact) mass is 701 g/mol. The Balaban J connectivity index is 3.99.